The molecular weight excluding hydrogens is 390 g/mol. The summed E-state index contributed by atoms with van der Waals surface area (Å²) in [6.45, 7) is -1.66. The molecule has 7 heteroatoms. The molecule has 2 aromatic carbocycles. The van der Waals surface area contributed by atoms with Crippen molar-refractivity contribution < 1.29 is 22.5 Å². The van der Waals surface area contributed by atoms with Crippen molar-refractivity contribution in [1.29, 1.82) is 0 Å². The molecule has 0 aliphatic rings. The Morgan fingerprint density at radius 1 is 1.07 bits per heavy atom. The summed E-state index contributed by atoms with van der Waals surface area (Å²) in [5.74, 6) is -0.465. The third-order valence-electron chi connectivity index (χ3n) is 4.79. The zero-order valence-corrected chi connectivity index (χ0v) is 16.8. The second-order valence-corrected chi connectivity index (χ2v) is 6.81. The number of halogens is 3. The predicted octanol–water partition coefficient (Wildman–Crippen LogP) is 6.34. The van der Waals surface area contributed by atoms with E-state index in [1.165, 1.54) is 13.0 Å². The number of carbonyl (C=O) groups is 1. The smallest absolute Gasteiger partial charge is 0.463 e. The van der Waals surface area contributed by atoms with Crippen molar-refractivity contribution in [3.8, 4) is 0 Å². The van der Waals surface area contributed by atoms with E-state index in [-0.39, 0.29) is 18.6 Å². The molecule has 0 spiro atoms. The molecule has 30 heavy (non-hydrogen) atoms. The highest BCUT2D eigenvalue weighted by atomic mass is 19.4. The van der Waals surface area contributed by atoms with Crippen LogP contribution in [0.2, 0.25) is 0 Å². The van der Waals surface area contributed by atoms with Crippen LogP contribution in [0.3, 0.4) is 0 Å². The molecule has 0 amide bonds. The average Bonchev–Trinajstić information content (AvgIpc) is 3.14. The maximum atomic E-state index is 13.9. The Morgan fingerprint density at radius 3 is 2.37 bits per heavy atom. The van der Waals surface area contributed by atoms with Crippen molar-refractivity contribution in [2.75, 3.05) is 6.61 Å². The molecule has 156 valence electrons. The molecule has 0 bridgehead atoms. The molecule has 0 aliphatic heterocycles. The van der Waals surface area contributed by atoms with E-state index in [1.807, 2.05) is 24.3 Å². The Balaban J connectivity index is 2.07. The molecule has 0 unspecified atom stereocenters. The summed E-state index contributed by atoms with van der Waals surface area (Å²) in [5, 5.41) is 0.851. The van der Waals surface area contributed by atoms with Gasteiger partial charge in [0.05, 0.1) is 6.61 Å². The van der Waals surface area contributed by atoms with Crippen LogP contribution in [0.4, 0.5) is 12.9 Å². The fraction of sp³-hybridized carbons (Fsp3) is 0.174. The van der Waals surface area contributed by atoms with E-state index in [9.17, 15) is 17.7 Å². The fourth-order valence-electron chi connectivity index (χ4n) is 3.41. The monoisotopic (exact) mass is 412 g/mol. The maximum Gasteiger partial charge on any atom is 0.506 e. The van der Waals surface area contributed by atoms with Gasteiger partial charge in [0.1, 0.15) is 0 Å². The minimum Gasteiger partial charge on any atom is -0.463 e. The SMILES string of the molecule is CCOC(=O)/C=C/c1ccc(/C(=C(/CC)[B-](F)(F)F)c2cc3ccccc3[nH]2)cc1. The summed E-state index contributed by atoms with van der Waals surface area (Å²) in [6.07, 6.45) is 2.74. The van der Waals surface area contributed by atoms with Gasteiger partial charge < -0.3 is 22.7 Å². The van der Waals surface area contributed by atoms with Gasteiger partial charge in [-0.1, -0.05) is 55.8 Å². The minimum atomic E-state index is -5.16. The van der Waals surface area contributed by atoms with Crippen LogP contribution in [0, 0.1) is 0 Å². The Kier molecular flexibility index (Phi) is 6.50. The number of nitrogens with one attached hydrogen (secondary N) is 1. The second kappa shape index (κ2) is 9.07. The number of aromatic nitrogens is 1. The van der Waals surface area contributed by atoms with Gasteiger partial charge in [-0.25, -0.2) is 4.79 Å². The van der Waals surface area contributed by atoms with Crippen molar-refractivity contribution in [3.05, 3.63) is 83.0 Å². The number of ether oxygens (including phenoxy) is 1. The van der Waals surface area contributed by atoms with Gasteiger partial charge in [-0.05, 0) is 41.8 Å². The molecule has 0 saturated heterocycles. The molecule has 3 rings (SSSR count). The van der Waals surface area contributed by atoms with Crippen LogP contribution < -0.4 is 0 Å². The standard InChI is InChI=1S/C23H22BF3NO2/c1-3-19(24(25,26)27)23(21-15-18-7-5-6-8-20(18)28-21)17-12-9-16(10-13-17)11-14-22(29)30-4-2/h5-15,28H,3-4H2,1-2H3/q-1/b14-11+,23-19+. The molecule has 1 aromatic heterocycles. The lowest BCUT2D eigenvalue weighted by atomic mass is 9.72. The van der Waals surface area contributed by atoms with Gasteiger partial charge in [-0.15, -0.1) is 5.47 Å². The lowest BCUT2D eigenvalue weighted by molar-refractivity contribution is -0.137. The topological polar surface area (TPSA) is 42.1 Å². The van der Waals surface area contributed by atoms with Gasteiger partial charge in [-0.3, -0.25) is 0 Å². The number of para-hydroxylation sites is 1. The van der Waals surface area contributed by atoms with Crippen molar-refractivity contribution in [2.45, 2.75) is 20.3 Å². The molecule has 0 saturated carbocycles. The van der Waals surface area contributed by atoms with Gasteiger partial charge in [-0.2, -0.15) is 0 Å². The molecule has 0 aliphatic carbocycles. The number of fused-ring (bicyclic) bond motifs is 1. The van der Waals surface area contributed by atoms with Gasteiger partial charge in [0.2, 0.25) is 0 Å². The van der Waals surface area contributed by atoms with Gasteiger partial charge >= 0.3 is 12.9 Å². The van der Waals surface area contributed by atoms with E-state index in [1.54, 1.807) is 43.3 Å². The molecule has 0 radical (unpaired) electrons. The number of H-pyrrole nitrogens is 1. The van der Waals surface area contributed by atoms with E-state index >= 15 is 0 Å². The van der Waals surface area contributed by atoms with E-state index in [0.717, 1.165) is 10.9 Å². The highest BCUT2D eigenvalue weighted by molar-refractivity contribution is 6.68. The van der Waals surface area contributed by atoms with Crippen LogP contribution in [0.1, 0.15) is 37.1 Å². The zero-order chi connectivity index (χ0) is 21.7. The number of benzene rings is 2. The molecule has 0 fully saturated rings. The Morgan fingerprint density at radius 2 is 1.77 bits per heavy atom. The van der Waals surface area contributed by atoms with Crippen molar-refractivity contribution >= 4 is 35.5 Å². The molecule has 3 nitrogen and oxygen atoms in total. The summed E-state index contributed by atoms with van der Waals surface area (Å²) >= 11 is 0. The Bertz CT molecular complexity index is 1060. The molecule has 1 heterocycles. The van der Waals surface area contributed by atoms with Gasteiger partial charge in [0.25, 0.3) is 0 Å². The fourth-order valence-corrected chi connectivity index (χ4v) is 3.41. The number of aromatic amines is 1. The molecule has 3 aromatic rings. The van der Waals surface area contributed by atoms with Crippen molar-refractivity contribution in [2.24, 2.45) is 0 Å². The number of carbonyl (C=O) groups excluding carboxylic acids is 1. The Labute approximate surface area is 173 Å². The number of esters is 1. The summed E-state index contributed by atoms with van der Waals surface area (Å²) in [4.78, 5) is 14.6. The van der Waals surface area contributed by atoms with E-state index in [0.29, 0.717) is 16.8 Å². The highest BCUT2D eigenvalue weighted by Gasteiger charge is 2.31. The summed E-state index contributed by atoms with van der Waals surface area (Å²) < 4.78 is 46.5. The zero-order valence-electron chi connectivity index (χ0n) is 16.8. The van der Waals surface area contributed by atoms with Crippen molar-refractivity contribution in [1.82, 2.24) is 4.98 Å². The summed E-state index contributed by atoms with van der Waals surface area (Å²) in [7, 11) is 0. The second-order valence-electron chi connectivity index (χ2n) is 6.81. The Hall–Kier alpha value is -3.22. The predicted molar refractivity (Wildman–Crippen MR) is 116 cm³/mol. The van der Waals surface area contributed by atoms with Crippen molar-refractivity contribution in [3.63, 3.8) is 0 Å². The molecular formula is C23H22BF3NO2-. The first-order valence-corrected chi connectivity index (χ1v) is 9.79. The largest absolute Gasteiger partial charge is 0.506 e. The summed E-state index contributed by atoms with van der Waals surface area (Å²) in [6, 6.07) is 15.8. The highest BCUT2D eigenvalue weighted by Crippen LogP contribution is 2.36. The van der Waals surface area contributed by atoms with Crippen LogP contribution in [0.5, 0.6) is 0 Å². The first kappa shape index (κ1) is 21.5. The van der Waals surface area contributed by atoms with Gasteiger partial charge in [0.15, 0.2) is 0 Å². The number of rotatable bonds is 7. The maximum absolute atomic E-state index is 13.9. The third kappa shape index (κ3) is 4.85. The molecule has 0 atom stereocenters. The quantitative estimate of drug-likeness (QED) is 0.279. The minimum absolute atomic E-state index is 0.126. The molecule has 1 N–H and O–H groups in total. The van der Waals surface area contributed by atoms with Crippen LogP contribution in [0.15, 0.2) is 66.1 Å². The van der Waals surface area contributed by atoms with Crippen LogP contribution in [-0.2, 0) is 9.53 Å². The lowest BCUT2D eigenvalue weighted by Crippen LogP contribution is -2.21. The first-order valence-electron chi connectivity index (χ1n) is 9.79. The van der Waals surface area contributed by atoms with Crippen LogP contribution in [0.25, 0.3) is 22.6 Å². The lowest BCUT2D eigenvalue weighted by Gasteiger charge is -2.23. The van der Waals surface area contributed by atoms with E-state index < -0.39 is 18.4 Å². The number of hydrogen-bond donors (Lipinski definition) is 1. The van der Waals surface area contributed by atoms with Crippen LogP contribution in [-0.4, -0.2) is 24.5 Å². The normalized spacial score (nSPS) is 13.0. The third-order valence-corrected chi connectivity index (χ3v) is 4.79. The summed E-state index contributed by atoms with van der Waals surface area (Å²) in [5.41, 5.74) is 1.99. The average molecular weight is 412 g/mol. The first-order chi connectivity index (χ1) is 14.3. The van der Waals surface area contributed by atoms with Gasteiger partial charge in [0, 0.05) is 22.7 Å². The number of hydrogen-bond acceptors (Lipinski definition) is 2. The van der Waals surface area contributed by atoms with E-state index in [4.69, 9.17) is 4.74 Å². The van der Waals surface area contributed by atoms with Crippen LogP contribution >= 0.6 is 0 Å². The van der Waals surface area contributed by atoms with E-state index in [2.05, 4.69) is 4.98 Å². The number of allylic oxidation sites excluding steroid dienone is 1.